The van der Waals surface area contributed by atoms with Crippen LogP contribution in [-0.2, 0) is 9.59 Å². The molecule has 1 N–H and O–H groups in total. The predicted octanol–water partition coefficient (Wildman–Crippen LogP) is 7.44. The van der Waals surface area contributed by atoms with Crippen molar-refractivity contribution in [1.82, 2.24) is 0 Å². The predicted molar refractivity (Wildman–Crippen MR) is 132 cm³/mol. The number of hydrogen-bond acceptors (Lipinski definition) is 2. The van der Waals surface area contributed by atoms with Gasteiger partial charge in [-0.1, -0.05) is 40.7 Å². The molecule has 5 fully saturated rings. The molecule has 184 valence electrons. The van der Waals surface area contributed by atoms with Crippen LogP contribution in [0.4, 0.5) is 0 Å². The van der Waals surface area contributed by atoms with Crippen LogP contribution in [0, 0.1) is 50.7 Å². The average Bonchev–Trinajstić information content (AvgIpc) is 3.33. The first-order chi connectivity index (χ1) is 15.4. The van der Waals surface area contributed by atoms with Gasteiger partial charge in [0.25, 0.3) is 0 Å². The number of allylic oxidation sites excluding steroid dienone is 1. The molecular weight excluding hydrogens is 408 g/mol. The molecule has 0 aliphatic heterocycles. The van der Waals surface area contributed by atoms with E-state index in [0.717, 1.165) is 37.5 Å². The van der Waals surface area contributed by atoms with E-state index < -0.39 is 5.97 Å². The number of ketones is 1. The van der Waals surface area contributed by atoms with E-state index in [0.29, 0.717) is 44.9 Å². The lowest BCUT2D eigenvalue weighted by Crippen LogP contribution is -2.57. The van der Waals surface area contributed by atoms with Crippen molar-refractivity contribution in [3.8, 4) is 0 Å². The third-order valence-electron chi connectivity index (χ3n) is 13.0. The standard InChI is InChI=1S/C30H46O3/c1-19(8-7-9-20(2)25(32)33)21-12-14-28(6)23-11-10-22-26(3,4)24(31)13-15-29(22)18-30(23,29)17-16-27(21,28)5/h9,19,21-23H,7-8,10-18H2,1-6H3,(H,32,33)/t19-,21-,22+,23+,27-,28+,29-,30+/m1/s1. The summed E-state index contributed by atoms with van der Waals surface area (Å²) in [5, 5.41) is 9.17. The fourth-order valence-electron chi connectivity index (χ4n) is 11.0. The van der Waals surface area contributed by atoms with E-state index in [2.05, 4.69) is 34.6 Å². The van der Waals surface area contributed by atoms with Crippen LogP contribution in [0.3, 0.4) is 0 Å². The molecular formula is C30H46O3. The van der Waals surface area contributed by atoms with Crippen LogP contribution in [0.25, 0.3) is 0 Å². The Kier molecular flexibility index (Phi) is 5.15. The van der Waals surface area contributed by atoms with Crippen LogP contribution < -0.4 is 0 Å². The molecule has 0 aromatic rings. The molecule has 5 saturated carbocycles. The maximum Gasteiger partial charge on any atom is 0.330 e. The summed E-state index contributed by atoms with van der Waals surface area (Å²) in [6.07, 6.45) is 15.3. The molecule has 5 rings (SSSR count). The summed E-state index contributed by atoms with van der Waals surface area (Å²) in [5.74, 6) is 2.55. The Morgan fingerprint density at radius 1 is 1.00 bits per heavy atom. The fraction of sp³-hybridized carbons (Fsp3) is 0.867. The number of carbonyl (C=O) groups is 2. The van der Waals surface area contributed by atoms with Crippen molar-refractivity contribution >= 4 is 11.8 Å². The van der Waals surface area contributed by atoms with Crippen molar-refractivity contribution in [2.45, 2.75) is 112 Å². The lowest BCUT2D eigenvalue weighted by Gasteiger charge is -2.62. The highest BCUT2D eigenvalue weighted by atomic mass is 16.4. The lowest BCUT2D eigenvalue weighted by atomic mass is 9.42. The lowest BCUT2D eigenvalue weighted by molar-refractivity contribution is -0.157. The topological polar surface area (TPSA) is 54.4 Å². The van der Waals surface area contributed by atoms with E-state index >= 15 is 0 Å². The summed E-state index contributed by atoms with van der Waals surface area (Å²) in [5.41, 5.74) is 2.14. The summed E-state index contributed by atoms with van der Waals surface area (Å²) < 4.78 is 0. The van der Waals surface area contributed by atoms with E-state index in [4.69, 9.17) is 5.11 Å². The number of hydrogen-bond donors (Lipinski definition) is 1. The van der Waals surface area contributed by atoms with E-state index in [1.54, 1.807) is 6.92 Å². The van der Waals surface area contributed by atoms with Crippen LogP contribution >= 0.6 is 0 Å². The number of carbonyl (C=O) groups excluding carboxylic acids is 1. The molecule has 33 heavy (non-hydrogen) atoms. The van der Waals surface area contributed by atoms with Gasteiger partial charge in [-0.15, -0.1) is 0 Å². The summed E-state index contributed by atoms with van der Waals surface area (Å²) in [6.45, 7) is 13.9. The first-order valence-corrected chi connectivity index (χ1v) is 13.8. The molecule has 0 bridgehead atoms. The minimum absolute atomic E-state index is 0.122. The second kappa shape index (κ2) is 7.20. The normalized spacial score (nSPS) is 48.8. The Labute approximate surface area is 201 Å². The number of aliphatic carboxylic acids is 1. The van der Waals surface area contributed by atoms with Crippen molar-refractivity contribution in [2.75, 3.05) is 0 Å². The highest BCUT2D eigenvalue weighted by Gasteiger charge is 2.82. The van der Waals surface area contributed by atoms with Crippen LogP contribution in [0.5, 0.6) is 0 Å². The third kappa shape index (κ3) is 2.86. The van der Waals surface area contributed by atoms with Crippen molar-refractivity contribution in [3.05, 3.63) is 11.6 Å². The van der Waals surface area contributed by atoms with Crippen molar-refractivity contribution in [3.63, 3.8) is 0 Å². The van der Waals surface area contributed by atoms with E-state index in [1.807, 2.05) is 6.08 Å². The zero-order valence-electron chi connectivity index (χ0n) is 21.9. The van der Waals surface area contributed by atoms with Crippen LogP contribution in [0.2, 0.25) is 0 Å². The van der Waals surface area contributed by atoms with Gasteiger partial charge in [-0.05, 0) is 116 Å². The molecule has 3 nitrogen and oxygen atoms in total. The summed E-state index contributed by atoms with van der Waals surface area (Å²) in [4.78, 5) is 24.0. The average molecular weight is 455 g/mol. The fourth-order valence-corrected chi connectivity index (χ4v) is 11.0. The Bertz CT molecular complexity index is 900. The van der Waals surface area contributed by atoms with E-state index in [9.17, 15) is 9.59 Å². The largest absolute Gasteiger partial charge is 0.478 e. The van der Waals surface area contributed by atoms with Crippen LogP contribution in [0.15, 0.2) is 11.6 Å². The van der Waals surface area contributed by atoms with E-state index in [1.165, 1.54) is 44.9 Å². The molecule has 0 heterocycles. The van der Waals surface area contributed by atoms with Crippen molar-refractivity contribution in [2.24, 2.45) is 50.7 Å². The third-order valence-corrected chi connectivity index (χ3v) is 13.0. The number of carboxylic acids is 1. The molecule has 0 aromatic heterocycles. The van der Waals surface area contributed by atoms with Gasteiger partial charge in [0.15, 0.2) is 0 Å². The Hall–Kier alpha value is -1.12. The van der Waals surface area contributed by atoms with Crippen LogP contribution in [0.1, 0.15) is 112 Å². The molecule has 0 unspecified atom stereocenters. The molecule has 0 radical (unpaired) electrons. The minimum Gasteiger partial charge on any atom is -0.478 e. The Morgan fingerprint density at radius 2 is 1.67 bits per heavy atom. The second-order valence-corrected chi connectivity index (χ2v) is 14.0. The first kappa shape index (κ1) is 23.6. The second-order valence-electron chi connectivity index (χ2n) is 14.0. The minimum atomic E-state index is -0.790. The maximum absolute atomic E-state index is 12.8. The monoisotopic (exact) mass is 454 g/mol. The molecule has 0 aromatic carbocycles. The number of rotatable bonds is 5. The zero-order chi connectivity index (χ0) is 24.0. The van der Waals surface area contributed by atoms with Gasteiger partial charge in [0.2, 0.25) is 0 Å². The highest BCUT2D eigenvalue weighted by Crippen LogP contribution is 2.88. The number of Topliss-reactive ketones (excluding diaryl/α,β-unsaturated/α-hetero) is 1. The van der Waals surface area contributed by atoms with Crippen LogP contribution in [-0.4, -0.2) is 16.9 Å². The quantitative estimate of drug-likeness (QED) is 0.439. The molecule has 2 spiro atoms. The summed E-state index contributed by atoms with van der Waals surface area (Å²) in [6, 6.07) is 0. The summed E-state index contributed by atoms with van der Waals surface area (Å²) in [7, 11) is 0. The Morgan fingerprint density at radius 3 is 2.36 bits per heavy atom. The number of fused-ring (bicyclic) bond motifs is 2. The molecule has 3 heteroatoms. The zero-order valence-corrected chi connectivity index (χ0v) is 21.9. The molecule has 0 amide bonds. The summed E-state index contributed by atoms with van der Waals surface area (Å²) >= 11 is 0. The van der Waals surface area contributed by atoms with Gasteiger partial charge in [0, 0.05) is 17.4 Å². The SMILES string of the molecule is CC(=CCC[C@@H](C)[C@H]1CC[C@@]2(C)[C@@H]3CC[C@H]4C(C)(C)C(=O)CC[C@@]45C[C@@]35CC[C@]12C)C(=O)O. The van der Waals surface area contributed by atoms with Gasteiger partial charge in [-0.25, -0.2) is 4.79 Å². The van der Waals surface area contributed by atoms with Crippen molar-refractivity contribution < 1.29 is 14.7 Å². The molecule has 8 atom stereocenters. The van der Waals surface area contributed by atoms with Crippen molar-refractivity contribution in [1.29, 1.82) is 0 Å². The molecule has 5 aliphatic carbocycles. The molecule has 0 saturated heterocycles. The van der Waals surface area contributed by atoms with Gasteiger partial charge in [0.05, 0.1) is 0 Å². The smallest absolute Gasteiger partial charge is 0.330 e. The van der Waals surface area contributed by atoms with Gasteiger partial charge in [0.1, 0.15) is 5.78 Å². The highest BCUT2D eigenvalue weighted by molar-refractivity contribution is 5.86. The van der Waals surface area contributed by atoms with Gasteiger partial charge in [-0.2, -0.15) is 0 Å². The van der Waals surface area contributed by atoms with Gasteiger partial charge < -0.3 is 5.11 Å². The first-order valence-electron chi connectivity index (χ1n) is 13.8. The molecule has 5 aliphatic rings. The Balaban J connectivity index is 1.37. The maximum atomic E-state index is 12.8. The van der Waals surface area contributed by atoms with Gasteiger partial charge in [-0.3, -0.25) is 4.79 Å². The van der Waals surface area contributed by atoms with Gasteiger partial charge >= 0.3 is 5.97 Å². The van der Waals surface area contributed by atoms with E-state index in [-0.39, 0.29) is 5.41 Å². The number of carboxylic acid groups (broad SMARTS) is 1.